The zero-order valence-electron chi connectivity index (χ0n) is 13.5. The maximum atomic E-state index is 12.5. The van der Waals surface area contributed by atoms with E-state index >= 15 is 0 Å². The van der Waals surface area contributed by atoms with Crippen LogP contribution in [0.15, 0.2) is 23.0 Å². The summed E-state index contributed by atoms with van der Waals surface area (Å²) in [6.45, 7) is 5.46. The van der Waals surface area contributed by atoms with E-state index in [0.717, 1.165) is 18.4 Å². The van der Waals surface area contributed by atoms with Crippen molar-refractivity contribution in [2.45, 2.75) is 39.3 Å². The first-order valence-electron chi connectivity index (χ1n) is 7.95. The molecule has 0 aromatic carbocycles. The molecule has 1 saturated heterocycles. The molecule has 2 unspecified atom stereocenters. The summed E-state index contributed by atoms with van der Waals surface area (Å²) in [6.07, 6.45) is 5.12. The van der Waals surface area contributed by atoms with Crippen molar-refractivity contribution in [3.8, 4) is 0 Å². The van der Waals surface area contributed by atoms with Gasteiger partial charge < -0.3 is 14.5 Å². The zero-order chi connectivity index (χ0) is 16.4. The van der Waals surface area contributed by atoms with Crippen molar-refractivity contribution in [2.75, 3.05) is 13.1 Å². The van der Waals surface area contributed by atoms with Crippen molar-refractivity contribution in [1.29, 1.82) is 0 Å². The second kappa shape index (κ2) is 6.54. The Labute approximate surface area is 134 Å². The summed E-state index contributed by atoms with van der Waals surface area (Å²) < 4.78 is 7.00. The number of amides is 1. The molecule has 1 aliphatic heterocycles. The van der Waals surface area contributed by atoms with E-state index in [1.807, 2.05) is 13.1 Å². The lowest BCUT2D eigenvalue weighted by molar-refractivity contribution is 0.0458. The molecule has 2 atom stereocenters. The van der Waals surface area contributed by atoms with Crippen molar-refractivity contribution >= 4 is 5.91 Å². The normalized spacial score (nSPS) is 19.8. The monoisotopic (exact) mass is 318 g/mol. The highest BCUT2D eigenvalue weighted by Crippen LogP contribution is 2.21. The molecule has 0 saturated carbocycles. The van der Waals surface area contributed by atoms with Gasteiger partial charge in [0.15, 0.2) is 11.5 Å². The predicted octanol–water partition coefficient (Wildman–Crippen LogP) is 1.46. The summed E-state index contributed by atoms with van der Waals surface area (Å²) in [6, 6.07) is 1.67. The van der Waals surface area contributed by atoms with Crippen molar-refractivity contribution in [2.24, 2.45) is 5.92 Å². The van der Waals surface area contributed by atoms with Crippen LogP contribution in [0.2, 0.25) is 0 Å². The van der Waals surface area contributed by atoms with Crippen molar-refractivity contribution in [1.82, 2.24) is 19.8 Å². The molecule has 2 aromatic heterocycles. The van der Waals surface area contributed by atoms with Crippen LogP contribution in [-0.4, -0.2) is 50.0 Å². The SMILES string of the molecule is Cc1cnn(Cc2cc(C(=O)N3CCCC(C(C)O)C3)no2)c1. The van der Waals surface area contributed by atoms with Gasteiger partial charge in [-0.2, -0.15) is 5.10 Å². The Morgan fingerprint density at radius 2 is 2.39 bits per heavy atom. The zero-order valence-corrected chi connectivity index (χ0v) is 13.5. The lowest BCUT2D eigenvalue weighted by Gasteiger charge is -2.33. The van der Waals surface area contributed by atoms with Crippen LogP contribution in [-0.2, 0) is 6.54 Å². The number of hydrogen-bond donors (Lipinski definition) is 1. The van der Waals surface area contributed by atoms with Crippen molar-refractivity contribution in [3.63, 3.8) is 0 Å². The van der Waals surface area contributed by atoms with Gasteiger partial charge in [0.25, 0.3) is 5.91 Å². The number of hydrogen-bond acceptors (Lipinski definition) is 5. The summed E-state index contributed by atoms with van der Waals surface area (Å²) in [4.78, 5) is 14.3. The van der Waals surface area contributed by atoms with Gasteiger partial charge in [0.2, 0.25) is 0 Å². The fourth-order valence-electron chi connectivity index (χ4n) is 2.95. The fourth-order valence-corrected chi connectivity index (χ4v) is 2.95. The topological polar surface area (TPSA) is 84.4 Å². The molecule has 0 spiro atoms. The Kier molecular flexibility index (Phi) is 4.47. The minimum Gasteiger partial charge on any atom is -0.393 e. The molecule has 124 valence electrons. The summed E-state index contributed by atoms with van der Waals surface area (Å²) in [7, 11) is 0. The second-order valence-corrected chi connectivity index (χ2v) is 6.29. The van der Waals surface area contributed by atoms with Crippen LogP contribution in [0.3, 0.4) is 0 Å². The molecule has 0 bridgehead atoms. The largest absolute Gasteiger partial charge is 0.393 e. The predicted molar refractivity (Wildman–Crippen MR) is 82.9 cm³/mol. The highest BCUT2D eigenvalue weighted by atomic mass is 16.5. The standard InChI is InChI=1S/C16H22N4O3/c1-11-7-17-20(8-11)10-14-6-15(18-23-14)16(22)19-5-3-4-13(9-19)12(2)21/h6-8,12-13,21H,3-5,9-10H2,1-2H3. The van der Waals surface area contributed by atoms with Gasteiger partial charge >= 0.3 is 0 Å². The van der Waals surface area contributed by atoms with Gasteiger partial charge in [-0.3, -0.25) is 9.48 Å². The molecular weight excluding hydrogens is 296 g/mol. The molecule has 1 amide bonds. The molecule has 3 rings (SSSR count). The maximum Gasteiger partial charge on any atom is 0.276 e. The molecule has 7 nitrogen and oxygen atoms in total. The number of aliphatic hydroxyl groups is 1. The van der Waals surface area contributed by atoms with Crippen LogP contribution < -0.4 is 0 Å². The fraction of sp³-hybridized carbons (Fsp3) is 0.562. The number of aryl methyl sites for hydroxylation is 1. The molecule has 1 aliphatic rings. The van der Waals surface area contributed by atoms with E-state index in [0.29, 0.717) is 31.1 Å². The lowest BCUT2D eigenvalue weighted by atomic mass is 9.93. The summed E-state index contributed by atoms with van der Waals surface area (Å²) in [5.74, 6) is 0.591. The van der Waals surface area contributed by atoms with Crippen LogP contribution in [0.5, 0.6) is 0 Å². The molecule has 3 heterocycles. The third kappa shape index (κ3) is 3.61. The van der Waals surface area contributed by atoms with Crippen LogP contribution in [0.1, 0.15) is 41.6 Å². The molecule has 0 radical (unpaired) electrons. The van der Waals surface area contributed by atoms with E-state index in [1.165, 1.54) is 0 Å². The van der Waals surface area contributed by atoms with Crippen molar-refractivity contribution in [3.05, 3.63) is 35.5 Å². The number of piperidine rings is 1. The highest BCUT2D eigenvalue weighted by Gasteiger charge is 2.28. The number of rotatable bonds is 4. The van der Waals surface area contributed by atoms with Gasteiger partial charge in [0.05, 0.1) is 12.3 Å². The van der Waals surface area contributed by atoms with Gasteiger partial charge in [0.1, 0.15) is 6.54 Å². The number of aromatic nitrogens is 3. The Bertz CT molecular complexity index is 676. The first-order valence-corrected chi connectivity index (χ1v) is 7.95. The quantitative estimate of drug-likeness (QED) is 0.922. The Balaban J connectivity index is 1.66. The van der Waals surface area contributed by atoms with E-state index in [2.05, 4.69) is 10.3 Å². The second-order valence-electron chi connectivity index (χ2n) is 6.29. The Hall–Kier alpha value is -2.15. The lowest BCUT2D eigenvalue weighted by Crippen LogP contribution is -2.43. The summed E-state index contributed by atoms with van der Waals surface area (Å²) in [5.41, 5.74) is 1.38. The van der Waals surface area contributed by atoms with E-state index in [1.54, 1.807) is 28.8 Å². The molecular formula is C16H22N4O3. The van der Waals surface area contributed by atoms with Crippen LogP contribution in [0, 0.1) is 12.8 Å². The third-order valence-corrected chi connectivity index (χ3v) is 4.29. The third-order valence-electron chi connectivity index (χ3n) is 4.29. The first kappa shape index (κ1) is 15.7. The number of nitrogens with zero attached hydrogens (tertiary/aromatic N) is 4. The van der Waals surface area contributed by atoms with E-state index in [4.69, 9.17) is 4.52 Å². The molecule has 1 fully saturated rings. The minimum absolute atomic E-state index is 0.131. The maximum absolute atomic E-state index is 12.5. The van der Waals surface area contributed by atoms with E-state index < -0.39 is 6.10 Å². The smallest absolute Gasteiger partial charge is 0.276 e. The van der Waals surface area contributed by atoms with Gasteiger partial charge in [-0.25, -0.2) is 0 Å². The summed E-state index contributed by atoms with van der Waals surface area (Å²) >= 11 is 0. The van der Waals surface area contributed by atoms with Gasteiger partial charge in [-0.1, -0.05) is 5.16 Å². The van der Waals surface area contributed by atoms with Gasteiger partial charge in [0, 0.05) is 31.3 Å². The highest BCUT2D eigenvalue weighted by molar-refractivity contribution is 5.92. The number of carbonyl (C=O) groups is 1. The van der Waals surface area contributed by atoms with Crippen LogP contribution in [0.4, 0.5) is 0 Å². The van der Waals surface area contributed by atoms with Crippen LogP contribution >= 0.6 is 0 Å². The number of aliphatic hydroxyl groups excluding tert-OH is 1. The van der Waals surface area contributed by atoms with Crippen LogP contribution in [0.25, 0.3) is 0 Å². The Morgan fingerprint density at radius 3 is 3.09 bits per heavy atom. The minimum atomic E-state index is -0.401. The number of carbonyl (C=O) groups excluding carboxylic acids is 1. The van der Waals surface area contributed by atoms with Crippen molar-refractivity contribution < 1.29 is 14.4 Å². The summed E-state index contributed by atoms with van der Waals surface area (Å²) in [5, 5.41) is 17.8. The van der Waals surface area contributed by atoms with Gasteiger partial charge in [-0.05, 0) is 32.3 Å². The average Bonchev–Trinajstić information content (AvgIpc) is 3.16. The van der Waals surface area contributed by atoms with E-state index in [-0.39, 0.29) is 11.8 Å². The van der Waals surface area contributed by atoms with Gasteiger partial charge in [-0.15, -0.1) is 0 Å². The first-order chi connectivity index (χ1) is 11.0. The average molecular weight is 318 g/mol. The molecule has 23 heavy (non-hydrogen) atoms. The number of likely N-dealkylation sites (tertiary alicyclic amines) is 1. The molecule has 7 heteroatoms. The molecule has 1 N–H and O–H groups in total. The molecule has 2 aromatic rings. The Morgan fingerprint density at radius 1 is 1.57 bits per heavy atom. The molecule has 0 aliphatic carbocycles. The van der Waals surface area contributed by atoms with E-state index in [9.17, 15) is 9.90 Å².